The van der Waals surface area contributed by atoms with Crippen LogP contribution < -0.4 is 15.2 Å². The van der Waals surface area contributed by atoms with Crippen molar-refractivity contribution >= 4 is 27.4 Å². The van der Waals surface area contributed by atoms with E-state index >= 15 is 0 Å². The third-order valence-electron chi connectivity index (χ3n) is 2.90. The van der Waals surface area contributed by atoms with Crippen molar-refractivity contribution in [2.45, 2.75) is 0 Å². The molecule has 2 aromatic carbocycles. The Bertz CT molecular complexity index is 656. The van der Waals surface area contributed by atoms with Gasteiger partial charge in [0, 0.05) is 10.0 Å². The number of nitrogen functional groups attached to an aromatic ring is 1. The molecule has 20 heavy (non-hydrogen) atoms. The molecule has 0 fully saturated rings. The van der Waals surface area contributed by atoms with Gasteiger partial charge >= 0.3 is 0 Å². The van der Waals surface area contributed by atoms with Crippen molar-refractivity contribution in [3.8, 4) is 11.5 Å². The molecule has 0 aliphatic heterocycles. The molecule has 0 amide bonds. The van der Waals surface area contributed by atoms with Crippen molar-refractivity contribution in [3.63, 3.8) is 0 Å². The molecular formula is C15H14BrNO3. The van der Waals surface area contributed by atoms with E-state index in [2.05, 4.69) is 15.9 Å². The smallest absolute Gasteiger partial charge is 0.196 e. The van der Waals surface area contributed by atoms with Gasteiger partial charge in [-0.15, -0.1) is 0 Å². The van der Waals surface area contributed by atoms with Crippen LogP contribution in [0.5, 0.6) is 11.5 Å². The summed E-state index contributed by atoms with van der Waals surface area (Å²) < 4.78 is 11.1. The highest BCUT2D eigenvalue weighted by Gasteiger charge is 2.16. The van der Waals surface area contributed by atoms with E-state index in [0.717, 1.165) is 4.47 Å². The monoisotopic (exact) mass is 335 g/mol. The zero-order valence-electron chi connectivity index (χ0n) is 11.1. The largest absolute Gasteiger partial charge is 0.496 e. The molecule has 0 aliphatic rings. The number of nitrogens with two attached hydrogens (primary N) is 1. The number of ether oxygens (including phenoxy) is 2. The van der Waals surface area contributed by atoms with Crippen LogP contribution in [0.3, 0.4) is 0 Å². The van der Waals surface area contributed by atoms with Gasteiger partial charge in [-0.2, -0.15) is 0 Å². The summed E-state index contributed by atoms with van der Waals surface area (Å²) in [5, 5.41) is 0. The summed E-state index contributed by atoms with van der Waals surface area (Å²) in [6.45, 7) is 0. The Balaban J connectivity index is 2.46. The maximum absolute atomic E-state index is 12.5. The average Bonchev–Trinajstić information content (AvgIpc) is 2.46. The van der Waals surface area contributed by atoms with E-state index < -0.39 is 0 Å². The molecule has 0 atom stereocenters. The highest BCUT2D eigenvalue weighted by Crippen LogP contribution is 2.28. The number of carbonyl (C=O) groups excluding carboxylic acids is 1. The molecule has 5 heteroatoms. The van der Waals surface area contributed by atoms with Crippen LogP contribution >= 0.6 is 15.9 Å². The van der Waals surface area contributed by atoms with Crippen LogP contribution in [0.4, 0.5) is 5.69 Å². The molecule has 0 heterocycles. The van der Waals surface area contributed by atoms with E-state index in [-0.39, 0.29) is 5.78 Å². The van der Waals surface area contributed by atoms with Crippen LogP contribution in [-0.2, 0) is 0 Å². The number of carbonyl (C=O) groups is 1. The molecule has 0 aliphatic carbocycles. The first-order valence-electron chi connectivity index (χ1n) is 5.88. The van der Waals surface area contributed by atoms with Crippen LogP contribution in [0.2, 0.25) is 0 Å². The SMILES string of the molecule is COc1ccc(C(=O)c2cc(Br)ccc2OC)cc1N. The fraction of sp³-hybridized carbons (Fsp3) is 0.133. The molecule has 0 bridgehead atoms. The minimum atomic E-state index is -0.155. The van der Waals surface area contributed by atoms with Gasteiger partial charge in [0.25, 0.3) is 0 Å². The van der Waals surface area contributed by atoms with Crippen LogP contribution in [0.25, 0.3) is 0 Å². The molecule has 2 N–H and O–H groups in total. The van der Waals surface area contributed by atoms with Crippen molar-refractivity contribution < 1.29 is 14.3 Å². The molecule has 0 unspecified atom stereocenters. The van der Waals surface area contributed by atoms with Gasteiger partial charge in [-0.1, -0.05) is 15.9 Å². The van der Waals surface area contributed by atoms with Crippen molar-refractivity contribution in [2.24, 2.45) is 0 Å². The second-order valence-electron chi connectivity index (χ2n) is 4.13. The minimum Gasteiger partial charge on any atom is -0.496 e. The first kappa shape index (κ1) is 14.4. The third kappa shape index (κ3) is 2.77. The van der Waals surface area contributed by atoms with E-state index in [1.807, 2.05) is 6.07 Å². The summed E-state index contributed by atoms with van der Waals surface area (Å²) in [7, 11) is 3.06. The predicted molar refractivity (Wildman–Crippen MR) is 81.5 cm³/mol. The fourth-order valence-corrected chi connectivity index (χ4v) is 2.25. The molecule has 2 aromatic rings. The van der Waals surface area contributed by atoms with Gasteiger partial charge in [0.05, 0.1) is 25.5 Å². The van der Waals surface area contributed by atoms with Crippen LogP contribution in [0.15, 0.2) is 40.9 Å². The zero-order chi connectivity index (χ0) is 14.7. The Hall–Kier alpha value is -2.01. The highest BCUT2D eigenvalue weighted by molar-refractivity contribution is 9.10. The lowest BCUT2D eigenvalue weighted by Crippen LogP contribution is -2.05. The van der Waals surface area contributed by atoms with Crippen molar-refractivity contribution in [1.29, 1.82) is 0 Å². The van der Waals surface area contributed by atoms with Gasteiger partial charge in [-0.25, -0.2) is 0 Å². The number of benzene rings is 2. The van der Waals surface area contributed by atoms with E-state index in [9.17, 15) is 4.79 Å². The Labute approximate surface area is 125 Å². The molecule has 0 saturated carbocycles. The predicted octanol–water partition coefficient (Wildman–Crippen LogP) is 3.28. The van der Waals surface area contributed by atoms with E-state index in [1.165, 1.54) is 14.2 Å². The summed E-state index contributed by atoms with van der Waals surface area (Å²) in [6.07, 6.45) is 0. The summed E-state index contributed by atoms with van der Waals surface area (Å²) in [5.74, 6) is 0.910. The number of anilines is 1. The normalized spacial score (nSPS) is 10.2. The van der Waals surface area contributed by atoms with Gasteiger partial charge in [0.15, 0.2) is 5.78 Å². The lowest BCUT2D eigenvalue weighted by molar-refractivity contribution is 0.103. The van der Waals surface area contributed by atoms with Crippen molar-refractivity contribution in [3.05, 3.63) is 52.0 Å². The molecule has 0 radical (unpaired) electrons. The number of methoxy groups -OCH3 is 2. The lowest BCUT2D eigenvalue weighted by Gasteiger charge is -2.10. The Morgan fingerprint density at radius 2 is 1.70 bits per heavy atom. The number of hydrogen-bond acceptors (Lipinski definition) is 4. The highest BCUT2D eigenvalue weighted by atomic mass is 79.9. The summed E-state index contributed by atoms with van der Waals surface area (Å²) in [5.41, 5.74) is 7.22. The molecular weight excluding hydrogens is 322 g/mol. The zero-order valence-corrected chi connectivity index (χ0v) is 12.7. The van der Waals surface area contributed by atoms with Gasteiger partial charge in [-0.05, 0) is 36.4 Å². The number of rotatable bonds is 4. The van der Waals surface area contributed by atoms with Gasteiger partial charge in [0.1, 0.15) is 11.5 Å². The third-order valence-corrected chi connectivity index (χ3v) is 3.39. The summed E-state index contributed by atoms with van der Waals surface area (Å²) >= 11 is 3.35. The van der Waals surface area contributed by atoms with Crippen molar-refractivity contribution in [2.75, 3.05) is 20.0 Å². The topological polar surface area (TPSA) is 61.5 Å². The Morgan fingerprint density at radius 3 is 2.30 bits per heavy atom. The molecule has 104 valence electrons. The summed E-state index contributed by atoms with van der Waals surface area (Å²) in [6, 6.07) is 10.2. The summed E-state index contributed by atoms with van der Waals surface area (Å²) in [4.78, 5) is 12.5. The van der Waals surface area contributed by atoms with Gasteiger partial charge in [-0.3, -0.25) is 4.79 Å². The Morgan fingerprint density at radius 1 is 1.05 bits per heavy atom. The molecule has 4 nitrogen and oxygen atoms in total. The van der Waals surface area contributed by atoms with E-state index in [4.69, 9.17) is 15.2 Å². The van der Waals surface area contributed by atoms with Crippen LogP contribution in [-0.4, -0.2) is 20.0 Å². The maximum Gasteiger partial charge on any atom is 0.196 e. The minimum absolute atomic E-state index is 0.155. The molecule has 0 saturated heterocycles. The van der Waals surface area contributed by atoms with Gasteiger partial charge in [0.2, 0.25) is 0 Å². The molecule has 0 aromatic heterocycles. The number of halogens is 1. The quantitative estimate of drug-likeness (QED) is 0.688. The molecule has 0 spiro atoms. The van der Waals surface area contributed by atoms with E-state index in [1.54, 1.807) is 30.3 Å². The second-order valence-corrected chi connectivity index (χ2v) is 5.05. The maximum atomic E-state index is 12.5. The van der Waals surface area contributed by atoms with Crippen LogP contribution in [0, 0.1) is 0 Å². The Kier molecular flexibility index (Phi) is 4.29. The number of ketones is 1. The standard InChI is InChI=1S/C15H14BrNO3/c1-19-13-6-4-10(16)8-11(13)15(18)9-3-5-14(20-2)12(17)7-9/h3-8H,17H2,1-2H3. The first-order chi connectivity index (χ1) is 9.56. The fourth-order valence-electron chi connectivity index (χ4n) is 1.89. The van der Waals surface area contributed by atoms with Gasteiger partial charge < -0.3 is 15.2 Å². The average molecular weight is 336 g/mol. The first-order valence-corrected chi connectivity index (χ1v) is 6.68. The lowest BCUT2D eigenvalue weighted by atomic mass is 10.0. The number of hydrogen-bond donors (Lipinski definition) is 1. The van der Waals surface area contributed by atoms with E-state index in [0.29, 0.717) is 28.3 Å². The molecule has 2 rings (SSSR count). The van der Waals surface area contributed by atoms with Crippen LogP contribution in [0.1, 0.15) is 15.9 Å². The van der Waals surface area contributed by atoms with Crippen molar-refractivity contribution in [1.82, 2.24) is 0 Å². The second kappa shape index (κ2) is 5.96.